The fourth-order valence-electron chi connectivity index (χ4n) is 3.90. The van der Waals surface area contributed by atoms with Gasteiger partial charge in [-0.15, -0.1) is 0 Å². The Balaban J connectivity index is 1.33. The number of aromatic nitrogens is 4. The maximum absolute atomic E-state index is 12.9. The normalized spacial score (nSPS) is 10.9. The number of nitrogens with zero attached hydrogens (tertiary/aromatic N) is 4. The highest BCUT2D eigenvalue weighted by Gasteiger charge is 2.18. The number of fused-ring (bicyclic) bond motifs is 1. The van der Waals surface area contributed by atoms with E-state index in [2.05, 4.69) is 9.97 Å². The lowest BCUT2D eigenvalue weighted by molar-refractivity contribution is 0.0990. The van der Waals surface area contributed by atoms with Gasteiger partial charge in [-0.2, -0.15) is 0 Å². The molecule has 0 bridgehead atoms. The molecule has 3 heterocycles. The maximum atomic E-state index is 12.9. The lowest BCUT2D eigenvalue weighted by Gasteiger charge is -2.09. The number of benzene rings is 2. The Hall–Kier alpha value is -4.72. The predicted octanol–water partition coefficient (Wildman–Crippen LogP) is 4.35. The number of hydrogen-bond acceptors (Lipinski definition) is 6. The molecule has 0 aliphatic carbocycles. The van der Waals surface area contributed by atoms with Gasteiger partial charge in [-0.05, 0) is 42.5 Å². The molecular weight excluding hydrogens is 444 g/mol. The molecule has 5 aromatic rings. The fourth-order valence-corrected chi connectivity index (χ4v) is 3.90. The number of ketones is 1. The van der Waals surface area contributed by atoms with Crippen molar-refractivity contribution in [1.82, 2.24) is 19.3 Å². The second-order valence-corrected chi connectivity index (χ2v) is 7.95. The van der Waals surface area contributed by atoms with E-state index in [1.54, 1.807) is 55.6 Å². The van der Waals surface area contributed by atoms with Crippen LogP contribution in [0.15, 0.2) is 90.1 Å². The molecule has 0 saturated carbocycles. The third-order valence-electron chi connectivity index (χ3n) is 5.63. The largest absolute Gasteiger partial charge is 0.497 e. The van der Waals surface area contributed by atoms with Crippen molar-refractivity contribution in [3.8, 4) is 22.9 Å². The number of rotatable bonds is 7. The summed E-state index contributed by atoms with van der Waals surface area (Å²) in [5.74, 6) is 1.58. The van der Waals surface area contributed by atoms with Crippen LogP contribution in [0.1, 0.15) is 16.1 Å². The molecule has 0 aliphatic rings. The van der Waals surface area contributed by atoms with E-state index in [9.17, 15) is 9.59 Å². The summed E-state index contributed by atoms with van der Waals surface area (Å²) < 4.78 is 14.3. The van der Waals surface area contributed by atoms with Crippen LogP contribution in [0, 0.1) is 0 Å². The van der Waals surface area contributed by atoms with Gasteiger partial charge in [0, 0.05) is 36.6 Å². The van der Waals surface area contributed by atoms with Crippen LogP contribution in [0.5, 0.6) is 17.2 Å². The SMILES string of the molecule is COc1ccc2c(Oc3ccc(CC(=O)c4cn(C)n(-c5ccccc5)c4=O)nc3)ccnc2c1. The van der Waals surface area contributed by atoms with Gasteiger partial charge in [0.05, 0.1) is 30.9 Å². The fraction of sp³-hybridized carbons (Fsp3) is 0.111. The number of carbonyl (C=O) groups excluding carboxylic acids is 1. The summed E-state index contributed by atoms with van der Waals surface area (Å²) in [5, 5.41) is 0.839. The summed E-state index contributed by atoms with van der Waals surface area (Å²) in [6.07, 6.45) is 4.79. The highest BCUT2D eigenvalue weighted by Crippen LogP contribution is 2.30. The van der Waals surface area contributed by atoms with Crippen molar-refractivity contribution in [1.29, 1.82) is 0 Å². The Kier molecular flexibility index (Phi) is 5.85. The average molecular weight is 466 g/mol. The summed E-state index contributed by atoms with van der Waals surface area (Å²) in [6.45, 7) is 0. The van der Waals surface area contributed by atoms with Gasteiger partial charge < -0.3 is 9.47 Å². The predicted molar refractivity (Wildman–Crippen MR) is 132 cm³/mol. The van der Waals surface area contributed by atoms with Crippen molar-refractivity contribution >= 4 is 16.7 Å². The molecule has 0 aliphatic heterocycles. The molecule has 0 amide bonds. The molecule has 0 saturated heterocycles. The second kappa shape index (κ2) is 9.26. The summed E-state index contributed by atoms with van der Waals surface area (Å²) in [4.78, 5) is 34.5. The molecular formula is C27H22N4O4. The maximum Gasteiger partial charge on any atom is 0.282 e. The summed E-state index contributed by atoms with van der Waals surface area (Å²) in [6, 6.07) is 20.0. The Morgan fingerprint density at radius 1 is 0.971 bits per heavy atom. The van der Waals surface area contributed by atoms with E-state index in [0.29, 0.717) is 28.6 Å². The van der Waals surface area contributed by atoms with Crippen molar-refractivity contribution in [3.05, 3.63) is 107 Å². The molecule has 0 spiro atoms. The van der Waals surface area contributed by atoms with Crippen LogP contribution in [-0.4, -0.2) is 32.2 Å². The van der Waals surface area contributed by atoms with Gasteiger partial charge in [-0.25, -0.2) is 4.68 Å². The third kappa shape index (κ3) is 4.41. The van der Waals surface area contributed by atoms with E-state index in [1.165, 1.54) is 4.68 Å². The molecule has 35 heavy (non-hydrogen) atoms. The number of carbonyl (C=O) groups is 1. The van der Waals surface area contributed by atoms with E-state index in [0.717, 1.165) is 10.9 Å². The molecule has 0 fully saturated rings. The summed E-state index contributed by atoms with van der Waals surface area (Å²) >= 11 is 0. The van der Waals surface area contributed by atoms with Crippen molar-refractivity contribution < 1.29 is 14.3 Å². The average Bonchev–Trinajstić information content (AvgIpc) is 3.19. The van der Waals surface area contributed by atoms with Gasteiger partial charge in [0.15, 0.2) is 5.78 Å². The Morgan fingerprint density at radius 2 is 1.77 bits per heavy atom. The van der Waals surface area contributed by atoms with Crippen LogP contribution >= 0.6 is 0 Å². The minimum Gasteiger partial charge on any atom is -0.497 e. The van der Waals surface area contributed by atoms with E-state index in [-0.39, 0.29) is 23.3 Å². The van der Waals surface area contributed by atoms with Crippen LogP contribution in [-0.2, 0) is 13.5 Å². The molecule has 8 heteroatoms. The highest BCUT2D eigenvalue weighted by molar-refractivity contribution is 5.97. The zero-order chi connectivity index (χ0) is 24.4. The first kappa shape index (κ1) is 22.1. The highest BCUT2D eigenvalue weighted by atomic mass is 16.5. The number of para-hydroxylation sites is 1. The smallest absolute Gasteiger partial charge is 0.282 e. The molecule has 5 rings (SSSR count). The monoisotopic (exact) mass is 466 g/mol. The van der Waals surface area contributed by atoms with E-state index in [4.69, 9.17) is 9.47 Å². The number of Topliss-reactive ketones (excluding diaryl/α,β-unsaturated/α-hetero) is 1. The van der Waals surface area contributed by atoms with Gasteiger partial charge >= 0.3 is 0 Å². The van der Waals surface area contributed by atoms with E-state index in [1.807, 2.05) is 48.5 Å². The van der Waals surface area contributed by atoms with Crippen molar-refractivity contribution in [2.45, 2.75) is 6.42 Å². The number of hydrogen-bond donors (Lipinski definition) is 0. The summed E-state index contributed by atoms with van der Waals surface area (Å²) in [5.41, 5.74) is 1.75. The van der Waals surface area contributed by atoms with Gasteiger partial charge in [0.25, 0.3) is 5.56 Å². The standard InChI is InChI=1S/C27H22N4O4/c1-30-17-23(27(33)31(30)19-6-4-3-5-7-19)25(32)14-18-8-9-21(16-29-18)35-26-12-13-28-24-15-20(34-2)10-11-22(24)26/h3-13,15-17H,14H2,1-2H3. The first-order valence-corrected chi connectivity index (χ1v) is 11.0. The Morgan fingerprint density at radius 3 is 2.51 bits per heavy atom. The second-order valence-electron chi connectivity index (χ2n) is 7.95. The molecule has 0 N–H and O–H groups in total. The molecule has 0 radical (unpaired) electrons. The zero-order valence-corrected chi connectivity index (χ0v) is 19.2. The van der Waals surface area contributed by atoms with Crippen LogP contribution in [0.4, 0.5) is 0 Å². The number of pyridine rings is 2. The lowest BCUT2D eigenvalue weighted by Crippen LogP contribution is -2.23. The Bertz CT molecular complexity index is 1570. The van der Waals surface area contributed by atoms with E-state index < -0.39 is 0 Å². The topological polar surface area (TPSA) is 88.2 Å². The first-order chi connectivity index (χ1) is 17.0. The van der Waals surface area contributed by atoms with Gasteiger partial charge in [-0.1, -0.05) is 18.2 Å². The molecule has 8 nitrogen and oxygen atoms in total. The lowest BCUT2D eigenvalue weighted by atomic mass is 10.1. The minimum atomic E-state index is -0.357. The van der Waals surface area contributed by atoms with Crippen molar-refractivity contribution in [3.63, 3.8) is 0 Å². The van der Waals surface area contributed by atoms with Crippen molar-refractivity contribution in [2.24, 2.45) is 7.05 Å². The van der Waals surface area contributed by atoms with Crippen molar-refractivity contribution in [2.75, 3.05) is 7.11 Å². The molecule has 3 aromatic heterocycles. The number of methoxy groups -OCH3 is 1. The van der Waals surface area contributed by atoms with Gasteiger partial charge in [0.1, 0.15) is 22.8 Å². The molecule has 2 aromatic carbocycles. The summed E-state index contributed by atoms with van der Waals surface area (Å²) in [7, 11) is 3.34. The molecule has 0 unspecified atom stereocenters. The van der Waals surface area contributed by atoms with E-state index >= 15 is 0 Å². The quantitative estimate of drug-likeness (QED) is 0.332. The minimum absolute atomic E-state index is 0.00626. The Labute approximate surface area is 201 Å². The molecule has 174 valence electrons. The number of ether oxygens (including phenoxy) is 2. The van der Waals surface area contributed by atoms with Crippen LogP contribution in [0.25, 0.3) is 16.6 Å². The van der Waals surface area contributed by atoms with Crippen LogP contribution in [0.3, 0.4) is 0 Å². The zero-order valence-electron chi connectivity index (χ0n) is 19.2. The first-order valence-electron chi connectivity index (χ1n) is 11.0. The van der Waals surface area contributed by atoms with Gasteiger partial charge in [-0.3, -0.25) is 24.2 Å². The number of aryl methyl sites for hydroxylation is 1. The van der Waals surface area contributed by atoms with Crippen LogP contribution in [0.2, 0.25) is 0 Å². The van der Waals surface area contributed by atoms with Crippen LogP contribution < -0.4 is 15.0 Å². The van der Waals surface area contributed by atoms with Gasteiger partial charge in [0.2, 0.25) is 0 Å². The third-order valence-corrected chi connectivity index (χ3v) is 5.63. The molecule has 0 atom stereocenters.